The van der Waals surface area contributed by atoms with Gasteiger partial charge in [0.1, 0.15) is 5.25 Å². The van der Waals surface area contributed by atoms with Gasteiger partial charge < -0.3 is 0 Å². The van der Waals surface area contributed by atoms with Crippen molar-refractivity contribution in [1.82, 2.24) is 5.32 Å². The topological polar surface area (TPSA) is 46.2 Å². The summed E-state index contributed by atoms with van der Waals surface area (Å²) in [4.78, 5) is 22.3. The van der Waals surface area contributed by atoms with E-state index in [0.29, 0.717) is 11.1 Å². The second-order valence-electron chi connectivity index (χ2n) is 2.90. The first-order valence-electron chi connectivity index (χ1n) is 4.04. The highest BCUT2D eigenvalue weighted by Crippen LogP contribution is 2.35. The Hall–Kier alpha value is -1.29. The van der Waals surface area contributed by atoms with Crippen LogP contribution in [-0.4, -0.2) is 11.1 Å². The molecular formula is C10H7NO2S. The lowest BCUT2D eigenvalue weighted by Gasteiger charge is -2.07. The van der Waals surface area contributed by atoms with E-state index in [1.165, 1.54) is 0 Å². The summed E-state index contributed by atoms with van der Waals surface area (Å²) < 4.78 is 0. The number of hydrogen-bond donors (Lipinski definition) is 1. The molecule has 14 heavy (non-hydrogen) atoms. The van der Waals surface area contributed by atoms with Crippen LogP contribution in [0.2, 0.25) is 0 Å². The maximum absolute atomic E-state index is 11.3. The van der Waals surface area contributed by atoms with Crippen LogP contribution in [0.4, 0.5) is 4.79 Å². The van der Waals surface area contributed by atoms with Crippen molar-refractivity contribution >= 4 is 22.9 Å². The van der Waals surface area contributed by atoms with Gasteiger partial charge in [0.2, 0.25) is 5.91 Å². The summed E-state index contributed by atoms with van der Waals surface area (Å²) in [6.45, 7) is 5.70. The summed E-state index contributed by atoms with van der Waals surface area (Å²) >= 11 is 0.961. The van der Waals surface area contributed by atoms with Gasteiger partial charge in [-0.05, 0) is 29.8 Å². The van der Waals surface area contributed by atoms with Gasteiger partial charge in [-0.15, -0.1) is 0 Å². The minimum Gasteiger partial charge on any atom is -0.286 e. The zero-order valence-electron chi connectivity index (χ0n) is 7.19. The average Bonchev–Trinajstić information content (AvgIpc) is 2.46. The molecule has 2 radical (unpaired) electrons. The van der Waals surface area contributed by atoms with E-state index in [4.69, 9.17) is 6.92 Å². The predicted molar refractivity (Wildman–Crippen MR) is 53.7 cm³/mol. The molecule has 0 saturated carbocycles. The molecule has 1 N–H and O–H groups in total. The van der Waals surface area contributed by atoms with Crippen molar-refractivity contribution in [3.63, 3.8) is 0 Å². The number of hydrogen-bond acceptors (Lipinski definition) is 3. The number of carbonyl (C=O) groups excluding carboxylic acids is 2. The van der Waals surface area contributed by atoms with Crippen molar-refractivity contribution in [3.8, 4) is 0 Å². The Bertz CT molecular complexity index is 403. The second-order valence-corrected chi connectivity index (χ2v) is 3.98. The Morgan fingerprint density at radius 3 is 2.57 bits per heavy atom. The van der Waals surface area contributed by atoms with Crippen LogP contribution in [0, 0.1) is 6.92 Å². The van der Waals surface area contributed by atoms with E-state index in [1.54, 1.807) is 24.3 Å². The van der Waals surface area contributed by atoms with Crippen molar-refractivity contribution in [3.05, 3.63) is 42.3 Å². The third kappa shape index (κ3) is 1.53. The van der Waals surface area contributed by atoms with E-state index >= 15 is 0 Å². The van der Waals surface area contributed by atoms with E-state index in [9.17, 15) is 9.59 Å². The molecular weight excluding hydrogens is 198 g/mol. The molecule has 1 aliphatic heterocycles. The molecule has 0 spiro atoms. The molecule has 0 aromatic heterocycles. The van der Waals surface area contributed by atoms with Crippen molar-refractivity contribution in [2.75, 3.05) is 0 Å². The fraction of sp³-hybridized carbons (Fsp3) is 0.100. The van der Waals surface area contributed by atoms with Gasteiger partial charge in [0.15, 0.2) is 0 Å². The number of carbonyl (C=O) groups is 2. The van der Waals surface area contributed by atoms with E-state index in [0.717, 1.165) is 11.8 Å². The van der Waals surface area contributed by atoms with E-state index in [-0.39, 0.29) is 11.1 Å². The lowest BCUT2D eigenvalue weighted by molar-refractivity contribution is -0.119. The van der Waals surface area contributed by atoms with Gasteiger partial charge in [-0.2, -0.15) is 0 Å². The van der Waals surface area contributed by atoms with Gasteiger partial charge in [0.25, 0.3) is 5.24 Å². The van der Waals surface area contributed by atoms with Gasteiger partial charge in [0, 0.05) is 0 Å². The smallest absolute Gasteiger partial charge is 0.286 e. The number of amides is 2. The van der Waals surface area contributed by atoms with E-state index < -0.39 is 5.25 Å². The van der Waals surface area contributed by atoms with Crippen molar-refractivity contribution in [1.29, 1.82) is 0 Å². The molecule has 2 rings (SSSR count). The summed E-state index contributed by atoms with van der Waals surface area (Å²) in [5.41, 5.74) is 1.23. The molecule has 70 valence electrons. The molecule has 1 heterocycles. The predicted octanol–water partition coefficient (Wildman–Crippen LogP) is 1.77. The van der Waals surface area contributed by atoms with Crippen LogP contribution in [0.1, 0.15) is 16.4 Å². The molecule has 1 atom stereocenters. The third-order valence-electron chi connectivity index (χ3n) is 1.97. The Morgan fingerprint density at radius 2 is 2.00 bits per heavy atom. The van der Waals surface area contributed by atoms with Crippen LogP contribution in [0.3, 0.4) is 0 Å². The fourth-order valence-corrected chi connectivity index (χ4v) is 2.19. The van der Waals surface area contributed by atoms with Crippen LogP contribution in [0.15, 0.2) is 24.3 Å². The Balaban J connectivity index is 2.36. The number of nitrogens with one attached hydrogen (secondary N) is 1. The molecule has 1 fully saturated rings. The van der Waals surface area contributed by atoms with Crippen LogP contribution in [0.25, 0.3) is 0 Å². The lowest BCUT2D eigenvalue weighted by atomic mass is 10.1. The fourth-order valence-electron chi connectivity index (χ4n) is 1.31. The number of rotatable bonds is 1. The first-order chi connectivity index (χ1) is 6.68. The number of imide groups is 1. The van der Waals surface area contributed by atoms with Crippen molar-refractivity contribution in [2.45, 2.75) is 5.25 Å². The summed E-state index contributed by atoms with van der Waals surface area (Å²) in [6.07, 6.45) is 0. The lowest BCUT2D eigenvalue weighted by Crippen LogP contribution is -2.20. The Morgan fingerprint density at radius 1 is 1.29 bits per heavy atom. The second kappa shape index (κ2) is 3.46. The summed E-state index contributed by atoms with van der Waals surface area (Å²) in [7, 11) is 0. The van der Waals surface area contributed by atoms with Crippen LogP contribution < -0.4 is 5.32 Å². The van der Waals surface area contributed by atoms with Gasteiger partial charge in [0.05, 0.1) is 0 Å². The molecule has 4 heteroatoms. The molecule has 0 bridgehead atoms. The molecule has 3 nitrogen and oxygen atoms in total. The van der Waals surface area contributed by atoms with E-state index in [2.05, 4.69) is 5.32 Å². The first-order valence-corrected chi connectivity index (χ1v) is 4.92. The summed E-state index contributed by atoms with van der Waals surface area (Å²) in [5, 5.41) is 1.41. The number of thioether (sulfide) groups is 1. The van der Waals surface area contributed by atoms with Crippen LogP contribution in [0.5, 0.6) is 0 Å². The van der Waals surface area contributed by atoms with Crippen LogP contribution in [-0.2, 0) is 4.79 Å². The minimum atomic E-state index is -0.497. The monoisotopic (exact) mass is 205 g/mol. The summed E-state index contributed by atoms with van der Waals surface area (Å²) in [6, 6.07) is 7.05. The van der Waals surface area contributed by atoms with E-state index in [1.807, 2.05) is 0 Å². The highest BCUT2D eigenvalue weighted by Gasteiger charge is 2.33. The SMILES string of the molecule is [CH]c1ccccc1C1SC(=O)NC1=O. The molecule has 1 saturated heterocycles. The van der Waals surface area contributed by atoms with Gasteiger partial charge in [-0.3, -0.25) is 14.9 Å². The quantitative estimate of drug-likeness (QED) is 0.760. The third-order valence-corrected chi connectivity index (χ3v) is 2.99. The zero-order valence-corrected chi connectivity index (χ0v) is 8.01. The largest absolute Gasteiger partial charge is 0.286 e. The van der Waals surface area contributed by atoms with Crippen LogP contribution >= 0.6 is 11.8 Å². The average molecular weight is 205 g/mol. The zero-order chi connectivity index (χ0) is 10.1. The molecule has 2 amide bonds. The van der Waals surface area contributed by atoms with Crippen molar-refractivity contribution in [2.24, 2.45) is 0 Å². The number of benzene rings is 1. The maximum Gasteiger partial charge on any atom is 0.286 e. The molecule has 1 aromatic rings. The Kier molecular flexibility index (Phi) is 2.29. The molecule has 1 aromatic carbocycles. The molecule has 1 aliphatic rings. The first kappa shape index (κ1) is 9.27. The summed E-state index contributed by atoms with van der Waals surface area (Å²) in [5.74, 6) is -0.294. The molecule has 1 unspecified atom stereocenters. The minimum absolute atomic E-state index is 0.294. The van der Waals surface area contributed by atoms with Gasteiger partial charge >= 0.3 is 0 Å². The molecule has 0 aliphatic carbocycles. The van der Waals surface area contributed by atoms with Crippen molar-refractivity contribution < 1.29 is 9.59 Å². The normalized spacial score (nSPS) is 21.1. The van der Waals surface area contributed by atoms with Gasteiger partial charge in [-0.1, -0.05) is 24.3 Å². The Labute approximate surface area is 85.9 Å². The highest BCUT2D eigenvalue weighted by molar-refractivity contribution is 8.15. The standard InChI is InChI=1S/C10H7NO2S/c1-6-4-2-3-5-7(6)8-9(12)11-10(13)14-8/h1-5,8H,(H,11,12,13). The maximum atomic E-state index is 11.3. The van der Waals surface area contributed by atoms with Gasteiger partial charge in [-0.25, -0.2) is 0 Å². The highest BCUT2D eigenvalue weighted by atomic mass is 32.2.